The number of hydrogen-bond acceptors (Lipinski definition) is 5. The summed E-state index contributed by atoms with van der Waals surface area (Å²) in [7, 11) is 0. The molecule has 5 nitrogen and oxygen atoms in total. The number of rotatable bonds is 4. The molecule has 0 atom stereocenters. The molecule has 0 spiro atoms. The van der Waals surface area contributed by atoms with E-state index in [-0.39, 0.29) is 12.0 Å². The van der Waals surface area contributed by atoms with Gasteiger partial charge in [0.15, 0.2) is 0 Å². The normalized spacial score (nSPS) is 11.5. The SMILES string of the molecule is CCOC(=O)c1c(C)oc2ccc(OC(=O)c3ccc(C(C)(C)C)cc3)cc12. The van der Waals surface area contributed by atoms with Crippen LogP contribution in [0.5, 0.6) is 5.75 Å². The minimum absolute atomic E-state index is 0.0100. The molecule has 28 heavy (non-hydrogen) atoms. The highest BCUT2D eigenvalue weighted by Gasteiger charge is 2.21. The lowest BCUT2D eigenvalue weighted by molar-refractivity contribution is 0.0526. The first-order valence-corrected chi connectivity index (χ1v) is 9.23. The van der Waals surface area contributed by atoms with Crippen molar-refractivity contribution in [1.29, 1.82) is 0 Å². The number of carbonyl (C=O) groups is 2. The summed E-state index contributed by atoms with van der Waals surface area (Å²) in [4.78, 5) is 24.7. The van der Waals surface area contributed by atoms with Gasteiger partial charge in [0.25, 0.3) is 0 Å². The van der Waals surface area contributed by atoms with Gasteiger partial charge in [0.05, 0.1) is 12.2 Å². The molecule has 0 unspecified atom stereocenters. The van der Waals surface area contributed by atoms with Gasteiger partial charge >= 0.3 is 11.9 Å². The Morgan fingerprint density at radius 2 is 1.68 bits per heavy atom. The topological polar surface area (TPSA) is 65.7 Å². The summed E-state index contributed by atoms with van der Waals surface area (Å²) in [5.41, 5.74) is 2.50. The summed E-state index contributed by atoms with van der Waals surface area (Å²) in [5.74, 6) is -0.115. The lowest BCUT2D eigenvalue weighted by atomic mass is 9.87. The summed E-state index contributed by atoms with van der Waals surface area (Å²) in [6.07, 6.45) is 0. The lowest BCUT2D eigenvalue weighted by Crippen LogP contribution is -2.13. The molecule has 0 amide bonds. The van der Waals surface area contributed by atoms with Crippen LogP contribution < -0.4 is 4.74 Å². The third-order valence-electron chi connectivity index (χ3n) is 4.51. The lowest BCUT2D eigenvalue weighted by Gasteiger charge is -2.18. The second kappa shape index (κ2) is 7.50. The largest absolute Gasteiger partial charge is 0.462 e. The Kier molecular flexibility index (Phi) is 5.27. The van der Waals surface area contributed by atoms with Crippen LogP contribution in [0.3, 0.4) is 0 Å². The van der Waals surface area contributed by atoms with E-state index >= 15 is 0 Å². The Morgan fingerprint density at radius 1 is 1.00 bits per heavy atom. The standard InChI is InChI=1S/C23H24O5/c1-6-26-22(25)20-14(2)27-19-12-11-17(13-18(19)20)28-21(24)15-7-9-16(10-8-15)23(3,4)5/h7-13H,6H2,1-5H3. The Hall–Kier alpha value is -3.08. The molecule has 0 aliphatic heterocycles. The van der Waals surface area contributed by atoms with Crippen LogP contribution in [0.15, 0.2) is 46.9 Å². The molecule has 0 saturated heterocycles. The zero-order chi connectivity index (χ0) is 20.5. The molecule has 1 aromatic heterocycles. The minimum Gasteiger partial charge on any atom is -0.462 e. The van der Waals surface area contributed by atoms with Crippen LogP contribution >= 0.6 is 0 Å². The quantitative estimate of drug-likeness (QED) is 0.446. The maximum Gasteiger partial charge on any atom is 0.343 e. The minimum atomic E-state index is -0.460. The van der Waals surface area contributed by atoms with Gasteiger partial charge in [-0.25, -0.2) is 9.59 Å². The van der Waals surface area contributed by atoms with Crippen LogP contribution in [0, 0.1) is 6.92 Å². The van der Waals surface area contributed by atoms with Crippen molar-refractivity contribution < 1.29 is 23.5 Å². The number of benzene rings is 2. The van der Waals surface area contributed by atoms with Crippen LogP contribution in [0.1, 0.15) is 59.7 Å². The molecule has 0 radical (unpaired) electrons. The zero-order valence-electron chi connectivity index (χ0n) is 16.8. The summed E-state index contributed by atoms with van der Waals surface area (Å²) < 4.78 is 16.2. The van der Waals surface area contributed by atoms with Crippen molar-refractivity contribution in [2.24, 2.45) is 0 Å². The fourth-order valence-corrected chi connectivity index (χ4v) is 2.99. The monoisotopic (exact) mass is 380 g/mol. The van der Waals surface area contributed by atoms with Gasteiger partial charge in [0.1, 0.15) is 22.7 Å². The molecule has 0 N–H and O–H groups in total. The van der Waals surface area contributed by atoms with Crippen LogP contribution in [0.25, 0.3) is 11.0 Å². The van der Waals surface area contributed by atoms with E-state index in [9.17, 15) is 9.59 Å². The van der Waals surface area contributed by atoms with Crippen molar-refractivity contribution in [2.75, 3.05) is 6.61 Å². The number of fused-ring (bicyclic) bond motifs is 1. The van der Waals surface area contributed by atoms with Crippen LogP contribution in [-0.2, 0) is 10.2 Å². The third kappa shape index (κ3) is 3.93. The van der Waals surface area contributed by atoms with E-state index in [4.69, 9.17) is 13.9 Å². The highest BCUT2D eigenvalue weighted by molar-refractivity contribution is 6.05. The van der Waals surface area contributed by atoms with Crippen molar-refractivity contribution in [3.8, 4) is 5.75 Å². The zero-order valence-corrected chi connectivity index (χ0v) is 16.8. The van der Waals surface area contributed by atoms with E-state index in [0.717, 1.165) is 5.56 Å². The Bertz CT molecular complexity index is 1020. The van der Waals surface area contributed by atoms with Crippen LogP contribution in [0.2, 0.25) is 0 Å². The second-order valence-corrected chi connectivity index (χ2v) is 7.63. The molecular weight excluding hydrogens is 356 g/mol. The van der Waals surface area contributed by atoms with E-state index in [2.05, 4.69) is 20.8 Å². The molecule has 0 saturated carbocycles. The molecule has 146 valence electrons. The molecule has 0 bridgehead atoms. The highest BCUT2D eigenvalue weighted by Crippen LogP contribution is 2.30. The highest BCUT2D eigenvalue weighted by atomic mass is 16.5. The van der Waals surface area contributed by atoms with E-state index in [0.29, 0.717) is 33.6 Å². The fourth-order valence-electron chi connectivity index (χ4n) is 2.99. The number of aryl methyl sites for hydroxylation is 1. The van der Waals surface area contributed by atoms with Gasteiger partial charge in [-0.15, -0.1) is 0 Å². The fraction of sp³-hybridized carbons (Fsp3) is 0.304. The van der Waals surface area contributed by atoms with Gasteiger partial charge in [-0.2, -0.15) is 0 Å². The molecule has 0 aliphatic carbocycles. The van der Waals surface area contributed by atoms with Crippen molar-refractivity contribution in [2.45, 2.75) is 40.0 Å². The van der Waals surface area contributed by atoms with E-state index < -0.39 is 11.9 Å². The van der Waals surface area contributed by atoms with Gasteiger partial charge in [0, 0.05) is 5.39 Å². The summed E-state index contributed by atoms with van der Waals surface area (Å²) >= 11 is 0. The average molecular weight is 380 g/mol. The molecule has 0 fully saturated rings. The van der Waals surface area contributed by atoms with Gasteiger partial charge in [-0.3, -0.25) is 0 Å². The van der Waals surface area contributed by atoms with Crippen molar-refractivity contribution in [3.63, 3.8) is 0 Å². The number of ether oxygens (including phenoxy) is 2. The first kappa shape index (κ1) is 19.7. The molecule has 0 aliphatic rings. The molecule has 1 heterocycles. The number of hydrogen-bond donors (Lipinski definition) is 0. The average Bonchev–Trinajstić information content (AvgIpc) is 2.96. The number of esters is 2. The van der Waals surface area contributed by atoms with Crippen LogP contribution in [-0.4, -0.2) is 18.5 Å². The van der Waals surface area contributed by atoms with Gasteiger partial charge in [-0.1, -0.05) is 32.9 Å². The first-order chi connectivity index (χ1) is 13.2. The summed E-state index contributed by atoms with van der Waals surface area (Å²) in [6, 6.07) is 12.3. The predicted octanol–water partition coefficient (Wildman–Crippen LogP) is 5.43. The predicted molar refractivity (Wildman–Crippen MR) is 107 cm³/mol. The van der Waals surface area contributed by atoms with E-state index in [1.54, 1.807) is 44.2 Å². The van der Waals surface area contributed by atoms with E-state index in [1.807, 2.05) is 12.1 Å². The Balaban J connectivity index is 1.87. The first-order valence-electron chi connectivity index (χ1n) is 9.23. The second-order valence-electron chi connectivity index (χ2n) is 7.63. The van der Waals surface area contributed by atoms with Gasteiger partial charge in [-0.05, 0) is 55.2 Å². The molecule has 3 rings (SSSR count). The smallest absolute Gasteiger partial charge is 0.343 e. The molecule has 2 aromatic carbocycles. The molecule has 5 heteroatoms. The Morgan fingerprint density at radius 3 is 2.29 bits per heavy atom. The number of carbonyl (C=O) groups excluding carboxylic acids is 2. The van der Waals surface area contributed by atoms with Gasteiger partial charge < -0.3 is 13.9 Å². The van der Waals surface area contributed by atoms with Crippen molar-refractivity contribution in [3.05, 3.63) is 64.9 Å². The van der Waals surface area contributed by atoms with E-state index in [1.165, 1.54) is 0 Å². The Labute approximate surface area is 164 Å². The van der Waals surface area contributed by atoms with Crippen molar-refractivity contribution in [1.82, 2.24) is 0 Å². The summed E-state index contributed by atoms with van der Waals surface area (Å²) in [5, 5.41) is 0.560. The maximum absolute atomic E-state index is 12.5. The van der Waals surface area contributed by atoms with Crippen molar-refractivity contribution >= 4 is 22.9 Å². The number of furan rings is 1. The maximum atomic E-state index is 12.5. The molecular formula is C23H24O5. The van der Waals surface area contributed by atoms with Crippen LogP contribution in [0.4, 0.5) is 0 Å². The molecule has 3 aromatic rings. The third-order valence-corrected chi connectivity index (χ3v) is 4.51. The summed E-state index contributed by atoms with van der Waals surface area (Å²) in [6.45, 7) is 10.1. The van der Waals surface area contributed by atoms with Gasteiger partial charge in [0.2, 0.25) is 0 Å².